The van der Waals surface area contributed by atoms with Crippen molar-refractivity contribution in [2.24, 2.45) is 5.92 Å². The first-order chi connectivity index (χ1) is 7.84. The molecule has 0 heterocycles. The molecule has 1 fully saturated rings. The van der Waals surface area contributed by atoms with Crippen LogP contribution in [0.2, 0.25) is 0 Å². The van der Waals surface area contributed by atoms with Crippen LogP contribution in [0.1, 0.15) is 24.8 Å². The fraction of sp³-hybridized carbons (Fsp3) is 0.429. The van der Waals surface area contributed by atoms with Gasteiger partial charge in [-0.2, -0.15) is 0 Å². The Morgan fingerprint density at radius 1 is 1.25 bits per heavy atom. The fourth-order valence-corrected chi connectivity index (χ4v) is 1.67. The van der Waals surface area contributed by atoms with Crippen molar-refractivity contribution in [1.82, 2.24) is 5.32 Å². The molecule has 0 spiro atoms. The lowest BCUT2D eigenvalue weighted by molar-refractivity contribution is 0.627. The van der Waals surface area contributed by atoms with E-state index in [4.69, 9.17) is 0 Å². The Labute approximate surface area is 96.4 Å². The van der Waals surface area contributed by atoms with E-state index in [2.05, 4.69) is 11.4 Å². The number of benzene rings is 1. The molecule has 1 N–H and O–H groups in total. The molecule has 0 amide bonds. The smallest absolute Gasteiger partial charge is 0.123 e. The van der Waals surface area contributed by atoms with Crippen LogP contribution in [0.3, 0.4) is 0 Å². The van der Waals surface area contributed by atoms with Gasteiger partial charge >= 0.3 is 0 Å². The van der Waals surface area contributed by atoms with Gasteiger partial charge in [-0.05, 0) is 36.6 Å². The maximum Gasteiger partial charge on any atom is 0.123 e. The summed E-state index contributed by atoms with van der Waals surface area (Å²) in [5, 5.41) is 3.38. The van der Waals surface area contributed by atoms with Crippen molar-refractivity contribution in [3.63, 3.8) is 0 Å². The lowest BCUT2D eigenvalue weighted by Crippen LogP contribution is -2.15. The highest BCUT2D eigenvalue weighted by Crippen LogP contribution is 2.31. The Kier molecular flexibility index (Phi) is 4.11. The highest BCUT2D eigenvalue weighted by Gasteiger charge is 2.19. The molecule has 0 saturated heterocycles. The van der Waals surface area contributed by atoms with Gasteiger partial charge in [0.2, 0.25) is 0 Å². The summed E-state index contributed by atoms with van der Waals surface area (Å²) in [5.74, 6) is 0.813. The van der Waals surface area contributed by atoms with Crippen molar-refractivity contribution in [3.05, 3.63) is 41.7 Å². The number of hydrogen-bond donors (Lipinski definition) is 1. The summed E-state index contributed by atoms with van der Waals surface area (Å²) in [6.45, 7) is 2.00. The second kappa shape index (κ2) is 5.80. The molecule has 1 aromatic carbocycles. The van der Waals surface area contributed by atoms with Gasteiger partial charge in [0.15, 0.2) is 0 Å². The van der Waals surface area contributed by atoms with Gasteiger partial charge in [-0.15, -0.1) is 0 Å². The topological polar surface area (TPSA) is 12.0 Å². The van der Waals surface area contributed by atoms with Crippen molar-refractivity contribution in [1.29, 1.82) is 0 Å². The van der Waals surface area contributed by atoms with Gasteiger partial charge in [0.1, 0.15) is 5.82 Å². The van der Waals surface area contributed by atoms with E-state index in [0.717, 1.165) is 24.6 Å². The van der Waals surface area contributed by atoms with Crippen molar-refractivity contribution >= 4 is 6.08 Å². The van der Waals surface area contributed by atoms with Crippen LogP contribution in [-0.2, 0) is 0 Å². The van der Waals surface area contributed by atoms with Crippen molar-refractivity contribution in [2.75, 3.05) is 13.1 Å². The fourth-order valence-electron chi connectivity index (χ4n) is 1.67. The van der Waals surface area contributed by atoms with Crippen LogP contribution in [0.25, 0.3) is 6.08 Å². The van der Waals surface area contributed by atoms with E-state index in [1.54, 1.807) is 12.1 Å². The molecule has 1 aliphatic carbocycles. The maximum absolute atomic E-state index is 12.6. The summed E-state index contributed by atoms with van der Waals surface area (Å²) in [4.78, 5) is 0. The Morgan fingerprint density at radius 2 is 2.00 bits per heavy atom. The van der Waals surface area contributed by atoms with E-state index in [-0.39, 0.29) is 5.82 Å². The molecular weight excluding hydrogens is 201 g/mol. The Balaban J connectivity index is 1.62. The predicted octanol–water partition coefficient (Wildman–Crippen LogP) is 3.23. The number of nitrogens with one attached hydrogen (secondary N) is 1. The zero-order valence-electron chi connectivity index (χ0n) is 9.45. The van der Waals surface area contributed by atoms with Crippen LogP contribution in [-0.4, -0.2) is 13.1 Å². The number of hydrogen-bond acceptors (Lipinski definition) is 1. The molecule has 0 radical (unpaired) electrons. The first-order valence-corrected chi connectivity index (χ1v) is 5.97. The Bertz CT molecular complexity index is 338. The van der Waals surface area contributed by atoms with Crippen molar-refractivity contribution in [2.45, 2.75) is 19.3 Å². The van der Waals surface area contributed by atoms with E-state index >= 15 is 0 Å². The third-order valence-electron chi connectivity index (χ3n) is 2.87. The normalized spacial score (nSPS) is 15.8. The van der Waals surface area contributed by atoms with Crippen molar-refractivity contribution < 1.29 is 4.39 Å². The van der Waals surface area contributed by atoms with Gasteiger partial charge in [-0.1, -0.05) is 37.1 Å². The summed E-state index contributed by atoms with van der Waals surface area (Å²) >= 11 is 0. The highest BCUT2D eigenvalue weighted by molar-refractivity contribution is 5.48. The monoisotopic (exact) mass is 219 g/mol. The predicted molar refractivity (Wildman–Crippen MR) is 65.6 cm³/mol. The average Bonchev–Trinajstić information content (AvgIpc) is 3.10. The summed E-state index contributed by atoms with van der Waals surface area (Å²) in [6.07, 6.45) is 8.26. The number of halogens is 1. The van der Waals surface area contributed by atoms with E-state index < -0.39 is 0 Å². The lowest BCUT2D eigenvalue weighted by atomic mass is 10.2. The first kappa shape index (κ1) is 11.3. The summed E-state index contributed by atoms with van der Waals surface area (Å²) in [7, 11) is 0. The summed E-state index contributed by atoms with van der Waals surface area (Å²) in [6, 6.07) is 6.55. The van der Waals surface area contributed by atoms with Gasteiger partial charge in [-0.3, -0.25) is 0 Å². The van der Waals surface area contributed by atoms with E-state index in [1.165, 1.54) is 31.4 Å². The molecule has 0 atom stereocenters. The standard InChI is InChI=1S/C14H18FN/c15-14-7-5-12(6-8-14)2-1-10-16-11-9-13-3-4-13/h1-2,5-8,13,16H,3-4,9-11H2/b2-1+. The van der Waals surface area contributed by atoms with E-state index in [0.29, 0.717) is 0 Å². The molecule has 0 aliphatic heterocycles. The minimum Gasteiger partial charge on any atom is -0.313 e. The number of rotatable bonds is 6. The Hall–Kier alpha value is -1.15. The van der Waals surface area contributed by atoms with Gasteiger partial charge in [-0.25, -0.2) is 4.39 Å². The van der Waals surface area contributed by atoms with Gasteiger partial charge < -0.3 is 5.32 Å². The van der Waals surface area contributed by atoms with Crippen LogP contribution in [0.4, 0.5) is 4.39 Å². The van der Waals surface area contributed by atoms with Gasteiger partial charge in [0, 0.05) is 6.54 Å². The van der Waals surface area contributed by atoms with Crippen LogP contribution in [0.5, 0.6) is 0 Å². The molecule has 1 aliphatic rings. The minimum absolute atomic E-state index is 0.181. The molecule has 1 nitrogen and oxygen atoms in total. The van der Waals surface area contributed by atoms with E-state index in [1.807, 2.05) is 6.08 Å². The summed E-state index contributed by atoms with van der Waals surface area (Å²) in [5.41, 5.74) is 1.05. The van der Waals surface area contributed by atoms with Crippen LogP contribution in [0, 0.1) is 11.7 Å². The lowest BCUT2D eigenvalue weighted by Gasteiger charge is -1.99. The molecule has 16 heavy (non-hydrogen) atoms. The molecule has 0 aromatic heterocycles. The van der Waals surface area contributed by atoms with Gasteiger partial charge in [0.05, 0.1) is 0 Å². The third-order valence-corrected chi connectivity index (χ3v) is 2.87. The van der Waals surface area contributed by atoms with Gasteiger partial charge in [0.25, 0.3) is 0 Å². The van der Waals surface area contributed by atoms with E-state index in [9.17, 15) is 4.39 Å². The minimum atomic E-state index is -0.181. The van der Waals surface area contributed by atoms with Crippen molar-refractivity contribution in [3.8, 4) is 0 Å². The molecule has 0 unspecified atom stereocenters. The second-order valence-corrected chi connectivity index (χ2v) is 4.39. The highest BCUT2D eigenvalue weighted by atomic mass is 19.1. The van der Waals surface area contributed by atoms with Crippen LogP contribution in [0.15, 0.2) is 30.3 Å². The third kappa shape index (κ3) is 4.15. The van der Waals surface area contributed by atoms with Crippen LogP contribution >= 0.6 is 0 Å². The second-order valence-electron chi connectivity index (χ2n) is 4.39. The average molecular weight is 219 g/mol. The molecule has 2 heteroatoms. The molecule has 86 valence electrons. The molecule has 2 rings (SSSR count). The molecular formula is C14H18FN. The largest absolute Gasteiger partial charge is 0.313 e. The Morgan fingerprint density at radius 3 is 2.69 bits per heavy atom. The van der Waals surface area contributed by atoms with Crippen LogP contribution < -0.4 is 5.32 Å². The zero-order valence-corrected chi connectivity index (χ0v) is 9.45. The molecule has 1 aromatic rings. The molecule has 0 bridgehead atoms. The SMILES string of the molecule is Fc1ccc(/C=C/CNCCC2CC2)cc1. The maximum atomic E-state index is 12.6. The first-order valence-electron chi connectivity index (χ1n) is 5.97. The quantitative estimate of drug-likeness (QED) is 0.724. The molecule has 1 saturated carbocycles. The zero-order chi connectivity index (χ0) is 11.2. The summed E-state index contributed by atoms with van der Waals surface area (Å²) < 4.78 is 12.6.